The number of nitrogens with zero attached hydrogens (tertiary/aromatic N) is 1. The minimum atomic E-state index is 0.208. The van der Waals surface area contributed by atoms with Crippen LogP contribution in [0, 0.1) is 0 Å². The molecule has 1 aromatic carbocycles. The number of hydrogen-bond acceptors (Lipinski definition) is 3. The fraction of sp³-hybridized carbons (Fsp3) is 0.600. The van der Waals surface area contributed by atoms with Crippen LogP contribution in [0.15, 0.2) is 22.7 Å². The Balaban J connectivity index is 2.34. The lowest BCUT2D eigenvalue weighted by molar-refractivity contribution is 0.283. The van der Waals surface area contributed by atoms with Crippen LogP contribution in [-0.4, -0.2) is 31.3 Å². The molecule has 1 saturated carbocycles. The number of nitrogens with one attached hydrogen (secondary N) is 1. The summed E-state index contributed by atoms with van der Waals surface area (Å²) in [6.07, 6.45) is 3.78. The lowest BCUT2D eigenvalue weighted by Gasteiger charge is -2.40. The van der Waals surface area contributed by atoms with E-state index in [1.165, 1.54) is 30.5 Å². The van der Waals surface area contributed by atoms with Crippen molar-refractivity contribution in [3.8, 4) is 0 Å². The highest BCUT2D eigenvalue weighted by atomic mass is 79.9. The largest absolute Gasteiger partial charge is 0.395 e. The van der Waals surface area contributed by atoms with Crippen molar-refractivity contribution in [1.29, 1.82) is 0 Å². The topological polar surface area (TPSA) is 35.5 Å². The maximum absolute atomic E-state index is 9.34. The van der Waals surface area contributed by atoms with Gasteiger partial charge in [-0.2, -0.15) is 0 Å². The molecule has 1 aromatic rings. The van der Waals surface area contributed by atoms with Crippen LogP contribution in [0.25, 0.3) is 0 Å². The van der Waals surface area contributed by atoms with E-state index >= 15 is 0 Å². The normalized spacial score (nSPS) is 17.1. The SMILES string of the molecule is CNC(C)c1cc(Br)ccc1N(CCO)C1CCC1. The van der Waals surface area contributed by atoms with Gasteiger partial charge in [-0.15, -0.1) is 0 Å². The Labute approximate surface area is 124 Å². The van der Waals surface area contributed by atoms with Crippen LogP contribution in [0.5, 0.6) is 0 Å². The second kappa shape index (κ2) is 6.73. The zero-order valence-corrected chi connectivity index (χ0v) is 13.3. The molecule has 1 atom stereocenters. The molecule has 1 aliphatic carbocycles. The Bertz CT molecular complexity index is 421. The fourth-order valence-electron chi connectivity index (χ4n) is 2.60. The molecule has 3 nitrogen and oxygen atoms in total. The highest BCUT2D eigenvalue weighted by Gasteiger charge is 2.27. The minimum Gasteiger partial charge on any atom is -0.395 e. The van der Waals surface area contributed by atoms with Gasteiger partial charge in [-0.3, -0.25) is 0 Å². The summed E-state index contributed by atoms with van der Waals surface area (Å²) in [6.45, 7) is 3.10. The van der Waals surface area contributed by atoms with Gasteiger partial charge in [0, 0.05) is 28.8 Å². The van der Waals surface area contributed by atoms with Gasteiger partial charge in [0.2, 0.25) is 0 Å². The second-order valence-corrected chi connectivity index (χ2v) is 6.13. The molecule has 0 bridgehead atoms. The number of aliphatic hydroxyl groups is 1. The van der Waals surface area contributed by atoms with E-state index in [0.29, 0.717) is 12.1 Å². The van der Waals surface area contributed by atoms with Crippen molar-refractivity contribution in [1.82, 2.24) is 5.32 Å². The third kappa shape index (κ3) is 3.30. The molecule has 19 heavy (non-hydrogen) atoms. The van der Waals surface area contributed by atoms with E-state index in [2.05, 4.69) is 51.3 Å². The molecule has 0 aromatic heterocycles. The molecule has 2 rings (SSSR count). The lowest BCUT2D eigenvalue weighted by Crippen LogP contribution is -2.42. The number of benzene rings is 1. The molecule has 0 radical (unpaired) electrons. The lowest BCUT2D eigenvalue weighted by atomic mass is 9.90. The van der Waals surface area contributed by atoms with E-state index in [1.54, 1.807) is 0 Å². The molecule has 2 N–H and O–H groups in total. The Morgan fingerprint density at radius 3 is 2.74 bits per heavy atom. The smallest absolute Gasteiger partial charge is 0.0606 e. The van der Waals surface area contributed by atoms with Crippen molar-refractivity contribution < 1.29 is 5.11 Å². The molecule has 0 saturated heterocycles. The van der Waals surface area contributed by atoms with Crippen LogP contribution in [0.3, 0.4) is 0 Å². The summed E-state index contributed by atoms with van der Waals surface area (Å²) in [5.41, 5.74) is 2.54. The molecule has 106 valence electrons. The zero-order chi connectivity index (χ0) is 13.8. The highest BCUT2D eigenvalue weighted by Crippen LogP contribution is 2.35. The number of aliphatic hydroxyl groups excluding tert-OH is 1. The van der Waals surface area contributed by atoms with Gasteiger partial charge in [0.1, 0.15) is 0 Å². The van der Waals surface area contributed by atoms with E-state index in [0.717, 1.165) is 11.0 Å². The number of rotatable bonds is 6. The fourth-order valence-corrected chi connectivity index (χ4v) is 2.97. The summed E-state index contributed by atoms with van der Waals surface area (Å²) in [6, 6.07) is 7.33. The standard InChI is InChI=1S/C15H23BrN2O/c1-11(17-2)14-10-12(16)6-7-15(14)18(8-9-19)13-4-3-5-13/h6-7,10-11,13,17,19H,3-5,8-9H2,1-2H3. The van der Waals surface area contributed by atoms with Crippen molar-refractivity contribution >= 4 is 21.6 Å². The predicted molar refractivity (Wildman–Crippen MR) is 83.7 cm³/mol. The Morgan fingerprint density at radius 1 is 1.47 bits per heavy atom. The Morgan fingerprint density at radius 2 is 2.21 bits per heavy atom. The average molecular weight is 327 g/mol. The van der Waals surface area contributed by atoms with Gasteiger partial charge in [0.25, 0.3) is 0 Å². The average Bonchev–Trinajstić information content (AvgIpc) is 2.35. The van der Waals surface area contributed by atoms with Gasteiger partial charge in [0.15, 0.2) is 0 Å². The predicted octanol–water partition coefficient (Wildman–Crippen LogP) is 3.08. The van der Waals surface area contributed by atoms with Crippen LogP contribution < -0.4 is 10.2 Å². The highest BCUT2D eigenvalue weighted by molar-refractivity contribution is 9.10. The van der Waals surface area contributed by atoms with Gasteiger partial charge in [0.05, 0.1) is 6.61 Å². The number of halogens is 1. The van der Waals surface area contributed by atoms with Gasteiger partial charge in [-0.1, -0.05) is 15.9 Å². The van der Waals surface area contributed by atoms with Crippen molar-refractivity contribution in [2.75, 3.05) is 25.1 Å². The van der Waals surface area contributed by atoms with Gasteiger partial charge >= 0.3 is 0 Å². The first-order chi connectivity index (χ1) is 9.17. The second-order valence-electron chi connectivity index (χ2n) is 5.22. The van der Waals surface area contributed by atoms with Gasteiger partial charge in [-0.05, 0) is 57.0 Å². The summed E-state index contributed by atoms with van der Waals surface area (Å²) < 4.78 is 1.10. The summed E-state index contributed by atoms with van der Waals surface area (Å²) >= 11 is 3.55. The quantitative estimate of drug-likeness (QED) is 0.843. The molecule has 0 amide bonds. The number of anilines is 1. The zero-order valence-electron chi connectivity index (χ0n) is 11.7. The van der Waals surface area contributed by atoms with Crippen LogP contribution in [0.4, 0.5) is 5.69 Å². The van der Waals surface area contributed by atoms with E-state index in [-0.39, 0.29) is 6.61 Å². The monoisotopic (exact) mass is 326 g/mol. The summed E-state index contributed by atoms with van der Waals surface area (Å²) in [5, 5.41) is 12.7. The summed E-state index contributed by atoms with van der Waals surface area (Å²) in [4.78, 5) is 2.37. The molecule has 0 spiro atoms. The number of hydrogen-bond donors (Lipinski definition) is 2. The van der Waals surface area contributed by atoms with E-state index < -0.39 is 0 Å². The van der Waals surface area contributed by atoms with Crippen molar-refractivity contribution in [2.24, 2.45) is 0 Å². The third-order valence-electron chi connectivity index (χ3n) is 4.05. The molecule has 1 unspecified atom stereocenters. The van der Waals surface area contributed by atoms with Crippen molar-refractivity contribution in [2.45, 2.75) is 38.3 Å². The first-order valence-electron chi connectivity index (χ1n) is 7.01. The Hall–Kier alpha value is -0.580. The molecule has 1 fully saturated rings. The first-order valence-corrected chi connectivity index (χ1v) is 7.81. The molecule has 1 aliphatic rings. The van der Waals surface area contributed by atoms with Crippen LogP contribution in [0.2, 0.25) is 0 Å². The van der Waals surface area contributed by atoms with Crippen LogP contribution >= 0.6 is 15.9 Å². The molecule has 0 aliphatic heterocycles. The van der Waals surface area contributed by atoms with Crippen molar-refractivity contribution in [3.63, 3.8) is 0 Å². The van der Waals surface area contributed by atoms with E-state index in [1.807, 2.05) is 7.05 Å². The molecular weight excluding hydrogens is 304 g/mol. The van der Waals surface area contributed by atoms with Crippen molar-refractivity contribution in [3.05, 3.63) is 28.2 Å². The minimum absolute atomic E-state index is 0.208. The summed E-state index contributed by atoms with van der Waals surface area (Å²) in [7, 11) is 1.98. The van der Waals surface area contributed by atoms with Crippen LogP contribution in [-0.2, 0) is 0 Å². The van der Waals surface area contributed by atoms with Crippen LogP contribution in [0.1, 0.15) is 37.8 Å². The maximum atomic E-state index is 9.34. The van der Waals surface area contributed by atoms with E-state index in [9.17, 15) is 5.11 Å². The third-order valence-corrected chi connectivity index (χ3v) is 4.55. The van der Waals surface area contributed by atoms with Gasteiger partial charge in [-0.25, -0.2) is 0 Å². The molecule has 0 heterocycles. The molecule has 4 heteroatoms. The first kappa shape index (κ1) is 14.8. The Kier molecular flexibility index (Phi) is 5.25. The van der Waals surface area contributed by atoms with Gasteiger partial charge < -0.3 is 15.3 Å². The maximum Gasteiger partial charge on any atom is 0.0606 e. The molecular formula is C15H23BrN2O. The van der Waals surface area contributed by atoms with E-state index in [4.69, 9.17) is 0 Å². The summed E-state index contributed by atoms with van der Waals surface area (Å²) in [5.74, 6) is 0.